The van der Waals surface area contributed by atoms with Crippen molar-refractivity contribution in [2.75, 3.05) is 6.61 Å². The molecule has 0 radical (unpaired) electrons. The van der Waals surface area contributed by atoms with Crippen LogP contribution in [0.1, 0.15) is 43.2 Å². The van der Waals surface area contributed by atoms with Gasteiger partial charge in [-0.2, -0.15) is 5.26 Å². The van der Waals surface area contributed by atoms with Crippen LogP contribution in [0.25, 0.3) is 11.3 Å². The number of nitriles is 1. The second-order valence-corrected chi connectivity index (χ2v) is 6.73. The topological polar surface area (TPSA) is 63.7 Å². The van der Waals surface area contributed by atoms with Gasteiger partial charge in [-0.05, 0) is 44.2 Å². The van der Waals surface area contributed by atoms with Crippen molar-refractivity contribution in [2.45, 2.75) is 44.8 Å². The summed E-state index contributed by atoms with van der Waals surface area (Å²) in [6.45, 7) is 1.54. The molecule has 5 nitrogen and oxygen atoms in total. The zero-order valence-corrected chi connectivity index (χ0v) is 14.1. The maximum absolute atomic E-state index is 9.49. The van der Waals surface area contributed by atoms with Gasteiger partial charge in [0.25, 0.3) is 0 Å². The van der Waals surface area contributed by atoms with Crippen molar-refractivity contribution in [1.82, 2.24) is 15.0 Å². The van der Waals surface area contributed by atoms with Crippen LogP contribution in [0.2, 0.25) is 0 Å². The zero-order valence-electron chi connectivity index (χ0n) is 14.1. The molecule has 0 unspecified atom stereocenters. The van der Waals surface area contributed by atoms with Crippen LogP contribution in [-0.4, -0.2) is 27.7 Å². The van der Waals surface area contributed by atoms with Gasteiger partial charge in [0.15, 0.2) is 0 Å². The fourth-order valence-electron chi connectivity index (χ4n) is 3.02. The van der Waals surface area contributed by atoms with Crippen molar-refractivity contribution in [2.24, 2.45) is 5.92 Å². The van der Waals surface area contributed by atoms with E-state index in [0.29, 0.717) is 23.7 Å². The summed E-state index contributed by atoms with van der Waals surface area (Å²) in [6.07, 6.45) is 7.90. The summed E-state index contributed by atoms with van der Waals surface area (Å²) in [5.41, 5.74) is 2.99. The number of hydrogen-bond donors (Lipinski definition) is 0. The molecule has 1 atom stereocenters. The Hall–Kier alpha value is -2.63. The molecule has 25 heavy (non-hydrogen) atoms. The van der Waals surface area contributed by atoms with Crippen molar-refractivity contribution in [3.8, 4) is 29.2 Å². The molecule has 0 amide bonds. The predicted molar refractivity (Wildman–Crippen MR) is 93.4 cm³/mol. The average Bonchev–Trinajstić information content (AvgIpc) is 3.38. The van der Waals surface area contributed by atoms with E-state index in [9.17, 15) is 5.26 Å². The molecule has 1 aromatic carbocycles. The standard InChI is InChI=1S/C20H20N4O/c21-12-17-11-16(7-6-15-4-5-15)8-9-19(17)20-14-24(23-22-20)13-18-3-1-2-10-25-18/h8-9,11,14-15,18H,1-5,10,13H2/t18-/m1/s1. The van der Waals surface area contributed by atoms with Crippen molar-refractivity contribution in [3.63, 3.8) is 0 Å². The molecule has 0 N–H and O–H groups in total. The molecule has 126 valence electrons. The molecule has 4 rings (SSSR count). The van der Waals surface area contributed by atoms with Crippen molar-refractivity contribution >= 4 is 0 Å². The minimum Gasteiger partial charge on any atom is -0.376 e. The Morgan fingerprint density at radius 1 is 1.24 bits per heavy atom. The second kappa shape index (κ2) is 7.09. The van der Waals surface area contributed by atoms with E-state index in [1.54, 1.807) is 0 Å². The minimum atomic E-state index is 0.207. The lowest BCUT2D eigenvalue weighted by Crippen LogP contribution is -2.24. The first-order valence-corrected chi connectivity index (χ1v) is 8.89. The Morgan fingerprint density at radius 2 is 2.16 bits per heavy atom. The molecule has 2 aromatic rings. The molecule has 1 aliphatic carbocycles. The summed E-state index contributed by atoms with van der Waals surface area (Å²) >= 11 is 0. The predicted octanol–water partition coefficient (Wildman–Crippen LogP) is 3.15. The summed E-state index contributed by atoms with van der Waals surface area (Å²) in [4.78, 5) is 0. The SMILES string of the molecule is N#Cc1cc(C#CC2CC2)ccc1-c1cn(C[C@H]2CCCCO2)nn1. The first-order chi connectivity index (χ1) is 12.3. The summed E-state index contributed by atoms with van der Waals surface area (Å²) in [5.74, 6) is 6.94. The van der Waals surface area contributed by atoms with Crippen molar-refractivity contribution < 1.29 is 4.74 Å². The van der Waals surface area contributed by atoms with Gasteiger partial charge >= 0.3 is 0 Å². The molecule has 1 saturated carbocycles. The number of benzene rings is 1. The van der Waals surface area contributed by atoms with E-state index >= 15 is 0 Å². The normalized spacial score (nSPS) is 19.7. The van der Waals surface area contributed by atoms with Gasteiger partial charge in [0.05, 0.1) is 30.5 Å². The third kappa shape index (κ3) is 3.90. The Balaban J connectivity index is 1.53. The van der Waals surface area contributed by atoms with Crippen LogP contribution in [0, 0.1) is 29.1 Å². The lowest BCUT2D eigenvalue weighted by atomic mass is 10.0. The van der Waals surface area contributed by atoms with Crippen LogP contribution < -0.4 is 0 Å². The first kappa shape index (κ1) is 15.9. The van der Waals surface area contributed by atoms with Gasteiger partial charge < -0.3 is 4.74 Å². The third-order valence-electron chi connectivity index (χ3n) is 4.62. The Bertz CT molecular complexity index is 858. The molecular weight excluding hydrogens is 312 g/mol. The minimum absolute atomic E-state index is 0.207. The van der Waals surface area contributed by atoms with Gasteiger partial charge in [-0.25, -0.2) is 4.68 Å². The van der Waals surface area contributed by atoms with Crippen molar-refractivity contribution in [1.29, 1.82) is 5.26 Å². The third-order valence-corrected chi connectivity index (χ3v) is 4.62. The van der Waals surface area contributed by atoms with Gasteiger partial charge in [0.2, 0.25) is 0 Å². The Morgan fingerprint density at radius 3 is 2.92 bits per heavy atom. The summed E-state index contributed by atoms with van der Waals surface area (Å²) in [6, 6.07) is 7.97. The largest absolute Gasteiger partial charge is 0.376 e. The van der Waals surface area contributed by atoms with E-state index in [-0.39, 0.29) is 6.10 Å². The number of nitrogens with zero attached hydrogens (tertiary/aromatic N) is 4. The highest BCUT2D eigenvalue weighted by molar-refractivity contribution is 5.68. The number of aromatic nitrogens is 3. The Kier molecular flexibility index (Phi) is 4.50. The summed E-state index contributed by atoms with van der Waals surface area (Å²) < 4.78 is 7.57. The fourth-order valence-corrected chi connectivity index (χ4v) is 3.02. The molecule has 1 aromatic heterocycles. The van der Waals surface area contributed by atoms with Crippen LogP contribution >= 0.6 is 0 Å². The highest BCUT2D eigenvalue weighted by Crippen LogP contribution is 2.28. The molecule has 5 heteroatoms. The molecule has 1 aliphatic heterocycles. The molecule has 0 spiro atoms. The van der Waals surface area contributed by atoms with E-state index in [4.69, 9.17) is 4.74 Å². The van der Waals surface area contributed by atoms with Crippen LogP contribution in [-0.2, 0) is 11.3 Å². The van der Waals surface area contributed by atoms with Crippen molar-refractivity contribution in [3.05, 3.63) is 35.5 Å². The molecule has 2 heterocycles. The van der Waals surface area contributed by atoms with Gasteiger partial charge in [-0.15, -0.1) is 5.10 Å². The van der Waals surface area contributed by atoms with E-state index in [1.165, 1.54) is 19.3 Å². The molecular formula is C20H20N4O. The molecule has 2 aliphatic rings. The zero-order chi connectivity index (χ0) is 17.1. The van der Waals surface area contributed by atoms with E-state index < -0.39 is 0 Å². The molecule has 2 fully saturated rings. The molecule has 1 saturated heterocycles. The lowest BCUT2D eigenvalue weighted by molar-refractivity contribution is 0.00370. The van der Waals surface area contributed by atoms with Crippen LogP contribution in [0.3, 0.4) is 0 Å². The monoisotopic (exact) mass is 332 g/mol. The van der Waals surface area contributed by atoms with Crippen LogP contribution in [0.4, 0.5) is 0 Å². The van der Waals surface area contributed by atoms with Gasteiger partial charge in [-0.1, -0.05) is 23.1 Å². The smallest absolute Gasteiger partial charge is 0.114 e. The summed E-state index contributed by atoms with van der Waals surface area (Å²) in [5, 5.41) is 17.9. The Labute approximate surface area is 147 Å². The highest BCUT2D eigenvalue weighted by atomic mass is 16.5. The quantitative estimate of drug-likeness (QED) is 0.810. The summed E-state index contributed by atoms with van der Waals surface area (Å²) in [7, 11) is 0. The highest BCUT2D eigenvalue weighted by Gasteiger charge is 2.18. The second-order valence-electron chi connectivity index (χ2n) is 6.73. The molecule has 0 bridgehead atoms. The number of hydrogen-bond acceptors (Lipinski definition) is 4. The fraction of sp³-hybridized carbons (Fsp3) is 0.450. The number of rotatable bonds is 3. The van der Waals surface area contributed by atoms with Crippen LogP contribution in [0.5, 0.6) is 0 Å². The van der Waals surface area contributed by atoms with E-state index in [2.05, 4.69) is 28.2 Å². The van der Waals surface area contributed by atoms with E-state index in [0.717, 1.165) is 30.6 Å². The number of ether oxygens (including phenoxy) is 1. The van der Waals surface area contributed by atoms with Gasteiger partial charge in [-0.3, -0.25) is 0 Å². The van der Waals surface area contributed by atoms with E-state index in [1.807, 2.05) is 29.1 Å². The van der Waals surface area contributed by atoms with Crippen LogP contribution in [0.15, 0.2) is 24.4 Å². The maximum Gasteiger partial charge on any atom is 0.114 e. The lowest BCUT2D eigenvalue weighted by Gasteiger charge is -2.21. The first-order valence-electron chi connectivity index (χ1n) is 8.89. The van der Waals surface area contributed by atoms with Gasteiger partial charge in [0.1, 0.15) is 5.69 Å². The maximum atomic E-state index is 9.49. The average molecular weight is 332 g/mol. The van der Waals surface area contributed by atoms with Gasteiger partial charge in [0, 0.05) is 23.7 Å².